The summed E-state index contributed by atoms with van der Waals surface area (Å²) in [5.74, 6) is -0.757. The second-order valence-corrected chi connectivity index (χ2v) is 5.31. The zero-order chi connectivity index (χ0) is 16.8. The van der Waals surface area contributed by atoms with E-state index in [1.165, 1.54) is 25.3 Å². The van der Waals surface area contributed by atoms with Crippen LogP contribution in [0.5, 0.6) is 0 Å². The SMILES string of the molecule is COC(=O)c1ccc(Cl)c(NC(=O)CNc2ccccc2C)c1. The largest absolute Gasteiger partial charge is 0.465 e. The molecule has 0 spiro atoms. The second kappa shape index (κ2) is 7.65. The third kappa shape index (κ3) is 4.47. The molecule has 0 aliphatic rings. The fourth-order valence-corrected chi connectivity index (χ4v) is 2.17. The minimum Gasteiger partial charge on any atom is -0.465 e. The first kappa shape index (κ1) is 16.8. The van der Waals surface area contributed by atoms with Crippen molar-refractivity contribution in [3.8, 4) is 0 Å². The Morgan fingerprint density at radius 2 is 1.87 bits per heavy atom. The van der Waals surface area contributed by atoms with Crippen molar-refractivity contribution < 1.29 is 14.3 Å². The molecule has 2 aromatic carbocycles. The van der Waals surface area contributed by atoms with Crippen molar-refractivity contribution in [2.45, 2.75) is 6.92 Å². The smallest absolute Gasteiger partial charge is 0.337 e. The zero-order valence-electron chi connectivity index (χ0n) is 12.9. The van der Waals surface area contributed by atoms with E-state index in [0.717, 1.165) is 11.3 Å². The molecule has 0 unspecified atom stereocenters. The van der Waals surface area contributed by atoms with Crippen LogP contribution in [-0.4, -0.2) is 25.5 Å². The maximum Gasteiger partial charge on any atom is 0.337 e. The number of hydrogen-bond acceptors (Lipinski definition) is 4. The lowest BCUT2D eigenvalue weighted by atomic mass is 10.2. The third-order valence-corrected chi connectivity index (χ3v) is 3.58. The Hall–Kier alpha value is -2.53. The number of esters is 1. The highest BCUT2D eigenvalue weighted by atomic mass is 35.5. The number of amides is 1. The van der Waals surface area contributed by atoms with Crippen LogP contribution in [0.2, 0.25) is 5.02 Å². The number of anilines is 2. The van der Waals surface area contributed by atoms with Gasteiger partial charge < -0.3 is 15.4 Å². The number of carbonyl (C=O) groups is 2. The van der Waals surface area contributed by atoms with Crippen LogP contribution in [0.3, 0.4) is 0 Å². The number of para-hydroxylation sites is 1. The van der Waals surface area contributed by atoms with Crippen molar-refractivity contribution in [3.63, 3.8) is 0 Å². The van der Waals surface area contributed by atoms with Gasteiger partial charge in [-0.3, -0.25) is 4.79 Å². The summed E-state index contributed by atoms with van der Waals surface area (Å²) in [5, 5.41) is 6.08. The molecule has 2 aromatic rings. The van der Waals surface area contributed by atoms with Crippen molar-refractivity contribution in [3.05, 3.63) is 58.6 Å². The highest BCUT2D eigenvalue weighted by Gasteiger charge is 2.11. The van der Waals surface area contributed by atoms with Crippen LogP contribution in [-0.2, 0) is 9.53 Å². The van der Waals surface area contributed by atoms with E-state index in [1.54, 1.807) is 0 Å². The van der Waals surface area contributed by atoms with Gasteiger partial charge in [0, 0.05) is 5.69 Å². The van der Waals surface area contributed by atoms with Crippen molar-refractivity contribution in [2.24, 2.45) is 0 Å². The molecular formula is C17H17ClN2O3. The highest BCUT2D eigenvalue weighted by molar-refractivity contribution is 6.33. The molecule has 0 radical (unpaired) electrons. The summed E-state index contributed by atoms with van der Waals surface area (Å²) in [7, 11) is 1.29. The Bertz CT molecular complexity index is 732. The Labute approximate surface area is 139 Å². The molecule has 0 bridgehead atoms. The molecule has 0 saturated heterocycles. The number of halogens is 1. The third-order valence-electron chi connectivity index (χ3n) is 3.25. The van der Waals surface area contributed by atoms with Crippen LogP contribution in [0.15, 0.2) is 42.5 Å². The van der Waals surface area contributed by atoms with Gasteiger partial charge in [0.15, 0.2) is 0 Å². The molecule has 0 atom stereocenters. The maximum atomic E-state index is 12.1. The van der Waals surface area contributed by atoms with E-state index in [9.17, 15) is 9.59 Å². The van der Waals surface area contributed by atoms with Gasteiger partial charge >= 0.3 is 5.97 Å². The number of ether oxygens (including phenoxy) is 1. The molecule has 0 fully saturated rings. The van der Waals surface area contributed by atoms with Gasteiger partial charge in [0.05, 0.1) is 29.9 Å². The molecule has 0 aromatic heterocycles. The van der Waals surface area contributed by atoms with Crippen molar-refractivity contribution >= 4 is 34.9 Å². The van der Waals surface area contributed by atoms with E-state index < -0.39 is 5.97 Å². The lowest BCUT2D eigenvalue weighted by molar-refractivity contribution is -0.114. The van der Waals surface area contributed by atoms with E-state index >= 15 is 0 Å². The number of aryl methyl sites for hydroxylation is 1. The molecule has 1 amide bonds. The predicted molar refractivity (Wildman–Crippen MR) is 91.1 cm³/mol. The number of methoxy groups -OCH3 is 1. The Morgan fingerprint density at radius 1 is 1.13 bits per heavy atom. The number of nitrogens with one attached hydrogen (secondary N) is 2. The molecule has 120 valence electrons. The fourth-order valence-electron chi connectivity index (χ4n) is 2.01. The Balaban J connectivity index is 2.02. The van der Waals surface area contributed by atoms with E-state index in [0.29, 0.717) is 16.3 Å². The molecule has 0 aliphatic carbocycles. The minimum absolute atomic E-state index is 0.0869. The summed E-state index contributed by atoms with van der Waals surface area (Å²) < 4.78 is 4.65. The summed E-state index contributed by atoms with van der Waals surface area (Å²) in [5.41, 5.74) is 2.62. The molecule has 0 saturated carbocycles. The van der Waals surface area contributed by atoms with Crippen LogP contribution >= 0.6 is 11.6 Å². The fraction of sp³-hybridized carbons (Fsp3) is 0.176. The molecule has 2 rings (SSSR count). The first-order valence-electron chi connectivity index (χ1n) is 6.98. The first-order chi connectivity index (χ1) is 11.0. The van der Waals surface area contributed by atoms with Crippen LogP contribution in [0.4, 0.5) is 11.4 Å². The normalized spacial score (nSPS) is 10.0. The van der Waals surface area contributed by atoms with Gasteiger partial charge in [-0.2, -0.15) is 0 Å². The van der Waals surface area contributed by atoms with Gasteiger partial charge in [-0.15, -0.1) is 0 Å². The number of benzene rings is 2. The standard InChI is InChI=1S/C17H17ClN2O3/c1-11-5-3-4-6-14(11)19-10-16(21)20-15-9-12(17(22)23-2)7-8-13(15)18/h3-9,19H,10H2,1-2H3,(H,20,21). The van der Waals surface area contributed by atoms with Crippen LogP contribution in [0.1, 0.15) is 15.9 Å². The monoisotopic (exact) mass is 332 g/mol. The summed E-state index contributed by atoms with van der Waals surface area (Å²) in [6.07, 6.45) is 0. The Morgan fingerprint density at radius 3 is 2.57 bits per heavy atom. The molecule has 5 nitrogen and oxygen atoms in total. The predicted octanol–water partition coefficient (Wildman–Crippen LogP) is 3.49. The molecule has 2 N–H and O–H groups in total. The molecule has 0 aliphatic heterocycles. The maximum absolute atomic E-state index is 12.1. The summed E-state index contributed by atoms with van der Waals surface area (Å²) in [4.78, 5) is 23.6. The topological polar surface area (TPSA) is 67.4 Å². The average molecular weight is 333 g/mol. The van der Waals surface area contributed by atoms with Crippen molar-refractivity contribution in [1.29, 1.82) is 0 Å². The summed E-state index contributed by atoms with van der Waals surface area (Å²) in [6.45, 7) is 2.04. The van der Waals surface area contributed by atoms with Gasteiger partial charge in [0.2, 0.25) is 5.91 Å². The molecular weight excluding hydrogens is 316 g/mol. The lowest BCUT2D eigenvalue weighted by Gasteiger charge is -2.11. The van der Waals surface area contributed by atoms with Gasteiger partial charge in [-0.25, -0.2) is 4.79 Å². The van der Waals surface area contributed by atoms with Gasteiger partial charge in [-0.05, 0) is 36.8 Å². The highest BCUT2D eigenvalue weighted by Crippen LogP contribution is 2.23. The van der Waals surface area contributed by atoms with Crippen molar-refractivity contribution in [2.75, 3.05) is 24.3 Å². The van der Waals surface area contributed by atoms with Gasteiger partial charge in [0.1, 0.15) is 0 Å². The average Bonchev–Trinajstić information content (AvgIpc) is 2.55. The van der Waals surface area contributed by atoms with Crippen LogP contribution < -0.4 is 10.6 Å². The van der Waals surface area contributed by atoms with Gasteiger partial charge in [-0.1, -0.05) is 29.8 Å². The Kier molecular flexibility index (Phi) is 5.60. The van der Waals surface area contributed by atoms with E-state index in [1.807, 2.05) is 31.2 Å². The second-order valence-electron chi connectivity index (χ2n) is 4.90. The number of hydrogen-bond donors (Lipinski definition) is 2. The van der Waals surface area contributed by atoms with E-state index in [4.69, 9.17) is 11.6 Å². The molecule has 6 heteroatoms. The summed E-state index contributed by atoms with van der Waals surface area (Å²) >= 11 is 6.04. The van der Waals surface area contributed by atoms with Crippen LogP contribution in [0, 0.1) is 6.92 Å². The van der Waals surface area contributed by atoms with E-state index in [-0.39, 0.29) is 12.5 Å². The quantitative estimate of drug-likeness (QED) is 0.822. The molecule has 23 heavy (non-hydrogen) atoms. The van der Waals surface area contributed by atoms with E-state index in [2.05, 4.69) is 15.4 Å². The van der Waals surface area contributed by atoms with Gasteiger partial charge in [0.25, 0.3) is 0 Å². The number of rotatable bonds is 5. The number of carbonyl (C=O) groups excluding carboxylic acids is 2. The first-order valence-corrected chi connectivity index (χ1v) is 7.36. The zero-order valence-corrected chi connectivity index (χ0v) is 13.6. The molecule has 0 heterocycles. The minimum atomic E-state index is -0.491. The van der Waals surface area contributed by atoms with Crippen LogP contribution in [0.25, 0.3) is 0 Å². The van der Waals surface area contributed by atoms with Crippen molar-refractivity contribution in [1.82, 2.24) is 0 Å². The summed E-state index contributed by atoms with van der Waals surface area (Å²) in [6, 6.07) is 12.2. The lowest BCUT2D eigenvalue weighted by Crippen LogP contribution is -2.22.